The Morgan fingerprint density at radius 1 is 0.853 bits per heavy atom. The van der Waals surface area contributed by atoms with Crippen molar-refractivity contribution in [1.29, 1.82) is 0 Å². The topological polar surface area (TPSA) is 44.8 Å². The van der Waals surface area contributed by atoms with E-state index in [1.54, 1.807) is 42.5 Å². The number of rotatable bonds is 14. The molecule has 1 saturated carbocycles. The lowest BCUT2D eigenvalue weighted by Gasteiger charge is -2.31. The smallest absolute Gasteiger partial charge is 0.343 e. The fraction of sp³-hybridized carbons (Fsp3) is 0.500. The first-order valence-electron chi connectivity index (χ1n) is 13.0. The van der Waals surface area contributed by atoms with Crippen molar-refractivity contribution in [1.82, 2.24) is 0 Å². The SMILES string of the molecule is C=CCOc1ccc(C(=O)Oc2ccc(OCCCC3CCCCC3CCCCC)cc2)cc1. The van der Waals surface area contributed by atoms with Gasteiger partial charge in [-0.1, -0.05) is 70.9 Å². The van der Waals surface area contributed by atoms with Crippen LogP contribution in [-0.4, -0.2) is 19.2 Å². The quantitative estimate of drug-likeness (QED) is 0.123. The van der Waals surface area contributed by atoms with Crippen molar-refractivity contribution in [3.63, 3.8) is 0 Å². The van der Waals surface area contributed by atoms with E-state index in [0.29, 0.717) is 23.7 Å². The maximum absolute atomic E-state index is 12.4. The van der Waals surface area contributed by atoms with Gasteiger partial charge in [-0.2, -0.15) is 0 Å². The Bertz CT molecular complexity index is 856. The van der Waals surface area contributed by atoms with E-state index in [0.717, 1.165) is 30.6 Å². The number of benzene rings is 2. The summed E-state index contributed by atoms with van der Waals surface area (Å²) in [7, 11) is 0. The van der Waals surface area contributed by atoms with Crippen LogP contribution in [0.5, 0.6) is 17.2 Å². The third kappa shape index (κ3) is 8.55. The number of unbranched alkanes of at least 4 members (excludes halogenated alkanes) is 2. The number of esters is 1. The van der Waals surface area contributed by atoms with E-state index in [-0.39, 0.29) is 0 Å². The second-order valence-electron chi connectivity index (χ2n) is 9.28. The molecule has 0 spiro atoms. The van der Waals surface area contributed by atoms with Gasteiger partial charge in [0.25, 0.3) is 0 Å². The van der Waals surface area contributed by atoms with Crippen LogP contribution in [-0.2, 0) is 0 Å². The summed E-state index contributed by atoms with van der Waals surface area (Å²) in [4.78, 5) is 12.4. The summed E-state index contributed by atoms with van der Waals surface area (Å²) >= 11 is 0. The maximum atomic E-state index is 12.4. The molecule has 1 fully saturated rings. The molecule has 2 unspecified atom stereocenters. The summed E-state index contributed by atoms with van der Waals surface area (Å²) in [5, 5.41) is 0. The number of hydrogen-bond acceptors (Lipinski definition) is 4. The minimum Gasteiger partial charge on any atom is -0.494 e. The first kappa shape index (κ1) is 25.9. The van der Waals surface area contributed by atoms with Crippen molar-refractivity contribution in [3.05, 3.63) is 66.7 Å². The number of carbonyl (C=O) groups excluding carboxylic acids is 1. The molecule has 0 aliphatic heterocycles. The zero-order valence-electron chi connectivity index (χ0n) is 20.7. The zero-order chi connectivity index (χ0) is 24.0. The van der Waals surface area contributed by atoms with Gasteiger partial charge in [-0.25, -0.2) is 4.79 Å². The van der Waals surface area contributed by atoms with Gasteiger partial charge in [0.2, 0.25) is 0 Å². The lowest BCUT2D eigenvalue weighted by Crippen LogP contribution is -2.20. The summed E-state index contributed by atoms with van der Waals surface area (Å²) in [6.07, 6.45) is 15.1. The molecule has 2 aromatic carbocycles. The van der Waals surface area contributed by atoms with Gasteiger partial charge in [0.05, 0.1) is 12.2 Å². The second kappa shape index (κ2) is 14.5. The molecular weight excluding hydrogens is 424 g/mol. The van der Waals surface area contributed by atoms with Crippen LogP contribution >= 0.6 is 0 Å². The summed E-state index contributed by atoms with van der Waals surface area (Å²) in [5.41, 5.74) is 0.474. The Morgan fingerprint density at radius 2 is 1.44 bits per heavy atom. The first-order chi connectivity index (χ1) is 16.7. The van der Waals surface area contributed by atoms with Crippen molar-refractivity contribution < 1.29 is 19.0 Å². The lowest BCUT2D eigenvalue weighted by atomic mass is 9.74. The molecule has 3 rings (SSSR count). The Balaban J connectivity index is 1.38. The van der Waals surface area contributed by atoms with Crippen LogP contribution in [0.3, 0.4) is 0 Å². The summed E-state index contributed by atoms with van der Waals surface area (Å²) < 4.78 is 16.9. The van der Waals surface area contributed by atoms with Gasteiger partial charge in [0.15, 0.2) is 0 Å². The molecule has 4 heteroatoms. The Morgan fingerprint density at radius 3 is 2.09 bits per heavy atom. The van der Waals surface area contributed by atoms with Crippen LogP contribution in [0.1, 0.15) is 81.5 Å². The fourth-order valence-corrected chi connectivity index (χ4v) is 4.85. The largest absolute Gasteiger partial charge is 0.494 e. The van der Waals surface area contributed by atoms with Crippen molar-refractivity contribution in [3.8, 4) is 17.2 Å². The van der Waals surface area contributed by atoms with E-state index in [9.17, 15) is 4.79 Å². The molecule has 184 valence electrons. The Hall–Kier alpha value is -2.75. The fourth-order valence-electron chi connectivity index (χ4n) is 4.85. The molecular formula is C30H40O4. The van der Waals surface area contributed by atoms with Gasteiger partial charge < -0.3 is 14.2 Å². The van der Waals surface area contributed by atoms with Gasteiger partial charge in [0, 0.05) is 0 Å². The summed E-state index contributed by atoms with van der Waals surface area (Å²) in [5.74, 6) is 3.40. The van der Waals surface area contributed by atoms with E-state index in [2.05, 4.69) is 13.5 Å². The highest BCUT2D eigenvalue weighted by molar-refractivity contribution is 5.91. The third-order valence-corrected chi connectivity index (χ3v) is 6.73. The van der Waals surface area contributed by atoms with Crippen LogP contribution in [0.4, 0.5) is 0 Å². The van der Waals surface area contributed by atoms with Crippen molar-refractivity contribution in [2.45, 2.75) is 71.1 Å². The molecule has 1 aliphatic carbocycles. The first-order valence-corrected chi connectivity index (χ1v) is 13.0. The molecule has 0 amide bonds. The Labute approximate surface area is 205 Å². The third-order valence-electron chi connectivity index (χ3n) is 6.73. The molecule has 0 heterocycles. The molecule has 34 heavy (non-hydrogen) atoms. The monoisotopic (exact) mass is 464 g/mol. The average Bonchev–Trinajstić information content (AvgIpc) is 2.87. The molecule has 0 radical (unpaired) electrons. The zero-order valence-corrected chi connectivity index (χ0v) is 20.7. The molecule has 0 saturated heterocycles. The van der Waals surface area contributed by atoms with Gasteiger partial charge in [-0.15, -0.1) is 0 Å². The van der Waals surface area contributed by atoms with E-state index in [4.69, 9.17) is 14.2 Å². The average molecular weight is 465 g/mol. The molecule has 0 bridgehead atoms. The van der Waals surface area contributed by atoms with Gasteiger partial charge in [-0.05, 0) is 73.2 Å². The Kier molecular flexibility index (Phi) is 11.0. The number of hydrogen-bond donors (Lipinski definition) is 0. The predicted octanol–water partition coefficient (Wildman–Crippen LogP) is 8.02. The summed E-state index contributed by atoms with van der Waals surface area (Å²) in [6.45, 7) is 7.07. The molecule has 1 aliphatic rings. The second-order valence-corrected chi connectivity index (χ2v) is 9.28. The number of ether oxygens (including phenoxy) is 3. The maximum Gasteiger partial charge on any atom is 0.343 e. The predicted molar refractivity (Wildman–Crippen MR) is 138 cm³/mol. The van der Waals surface area contributed by atoms with E-state index in [1.807, 2.05) is 12.1 Å². The molecule has 2 aromatic rings. The lowest BCUT2D eigenvalue weighted by molar-refractivity contribution is 0.0734. The van der Waals surface area contributed by atoms with E-state index < -0.39 is 5.97 Å². The van der Waals surface area contributed by atoms with E-state index >= 15 is 0 Å². The minimum atomic E-state index is -0.398. The van der Waals surface area contributed by atoms with Crippen LogP contribution in [0, 0.1) is 11.8 Å². The molecule has 4 nitrogen and oxygen atoms in total. The molecule has 2 atom stereocenters. The highest BCUT2D eigenvalue weighted by atomic mass is 16.5. The van der Waals surface area contributed by atoms with Gasteiger partial charge in [0.1, 0.15) is 23.9 Å². The van der Waals surface area contributed by atoms with Crippen molar-refractivity contribution >= 4 is 5.97 Å². The van der Waals surface area contributed by atoms with Crippen molar-refractivity contribution in [2.24, 2.45) is 11.8 Å². The van der Waals surface area contributed by atoms with Crippen LogP contribution in [0.2, 0.25) is 0 Å². The summed E-state index contributed by atoms with van der Waals surface area (Å²) in [6, 6.07) is 14.2. The van der Waals surface area contributed by atoms with E-state index in [1.165, 1.54) is 57.8 Å². The van der Waals surface area contributed by atoms with Gasteiger partial charge in [-0.3, -0.25) is 0 Å². The van der Waals surface area contributed by atoms with Crippen LogP contribution in [0.15, 0.2) is 61.2 Å². The van der Waals surface area contributed by atoms with Gasteiger partial charge >= 0.3 is 5.97 Å². The molecule has 0 N–H and O–H groups in total. The minimum absolute atomic E-state index is 0.398. The van der Waals surface area contributed by atoms with Crippen molar-refractivity contribution in [2.75, 3.05) is 13.2 Å². The number of carbonyl (C=O) groups is 1. The molecule has 0 aromatic heterocycles. The highest BCUT2D eigenvalue weighted by Gasteiger charge is 2.24. The normalized spacial score (nSPS) is 17.7. The van der Waals surface area contributed by atoms with Crippen LogP contribution < -0.4 is 14.2 Å². The standard InChI is InChI=1S/C30H40O4/c1-3-5-6-10-24-11-7-8-12-25(24)13-9-23-33-28-18-20-29(21-19-28)34-30(31)26-14-16-27(17-15-26)32-22-4-2/h4,14-21,24-25H,2-3,5-13,22-23H2,1H3. The highest BCUT2D eigenvalue weighted by Crippen LogP contribution is 2.36. The van der Waals surface area contributed by atoms with Crippen LogP contribution in [0.25, 0.3) is 0 Å².